The van der Waals surface area contributed by atoms with Gasteiger partial charge in [-0.15, -0.1) is 0 Å². The average molecular weight is 185 g/mol. The Labute approximate surface area is 74.0 Å². The maximum atomic E-state index is 12.3. The smallest absolute Gasteiger partial charge is 0.280 e. The first-order valence-corrected chi connectivity index (χ1v) is 4.09. The molecule has 2 rings (SSSR count). The molecule has 0 saturated heterocycles. The zero-order chi connectivity index (χ0) is 9.42. The summed E-state index contributed by atoms with van der Waals surface area (Å²) in [6.07, 6.45) is -0.610. The van der Waals surface area contributed by atoms with Crippen LogP contribution in [0.5, 0.6) is 0 Å². The van der Waals surface area contributed by atoms with E-state index in [2.05, 4.69) is 9.97 Å². The van der Waals surface area contributed by atoms with E-state index >= 15 is 0 Å². The Hall–Kier alpha value is -1.26. The van der Waals surface area contributed by atoms with Crippen LogP contribution in [0.15, 0.2) is 6.07 Å². The zero-order valence-electron chi connectivity index (χ0n) is 6.87. The molecule has 0 bridgehead atoms. The lowest BCUT2D eigenvalue weighted by Crippen LogP contribution is -2.02. The van der Waals surface area contributed by atoms with Crippen molar-refractivity contribution < 1.29 is 8.78 Å². The van der Waals surface area contributed by atoms with E-state index in [1.807, 2.05) is 0 Å². The van der Waals surface area contributed by atoms with Crippen molar-refractivity contribution in [3.63, 3.8) is 0 Å². The van der Waals surface area contributed by atoms with E-state index in [0.717, 1.165) is 18.9 Å². The van der Waals surface area contributed by atoms with Gasteiger partial charge in [0.05, 0.1) is 0 Å². The summed E-state index contributed by atoms with van der Waals surface area (Å²) in [5, 5.41) is 0. The quantitative estimate of drug-likeness (QED) is 0.765. The molecule has 1 fully saturated rings. The van der Waals surface area contributed by atoms with Crippen molar-refractivity contribution in [3.05, 3.63) is 17.6 Å². The molecular formula is C8H9F2N3. The van der Waals surface area contributed by atoms with E-state index in [1.165, 1.54) is 0 Å². The maximum Gasteiger partial charge on any atom is 0.280 e. The van der Waals surface area contributed by atoms with Crippen LogP contribution in [0.4, 0.5) is 14.6 Å². The lowest BCUT2D eigenvalue weighted by molar-refractivity contribution is 0.145. The molecule has 1 aliphatic carbocycles. The van der Waals surface area contributed by atoms with Crippen molar-refractivity contribution in [2.75, 3.05) is 5.73 Å². The molecule has 0 aromatic carbocycles. The van der Waals surface area contributed by atoms with Gasteiger partial charge in [0.2, 0.25) is 0 Å². The van der Waals surface area contributed by atoms with Crippen LogP contribution in [0.2, 0.25) is 0 Å². The van der Waals surface area contributed by atoms with Crippen LogP contribution in [0, 0.1) is 0 Å². The summed E-state index contributed by atoms with van der Waals surface area (Å²) in [5.41, 5.74) is 5.11. The minimum atomic E-state index is -2.57. The van der Waals surface area contributed by atoms with Gasteiger partial charge in [-0.1, -0.05) is 0 Å². The third kappa shape index (κ3) is 1.74. The first-order valence-electron chi connectivity index (χ1n) is 4.09. The largest absolute Gasteiger partial charge is 0.384 e. The fourth-order valence-corrected chi connectivity index (χ4v) is 1.14. The third-order valence-electron chi connectivity index (χ3n) is 1.95. The monoisotopic (exact) mass is 185 g/mol. The molecule has 0 spiro atoms. The summed E-state index contributed by atoms with van der Waals surface area (Å²) >= 11 is 0. The van der Waals surface area contributed by atoms with E-state index in [4.69, 9.17) is 5.73 Å². The van der Waals surface area contributed by atoms with Gasteiger partial charge < -0.3 is 5.73 Å². The summed E-state index contributed by atoms with van der Waals surface area (Å²) in [6, 6.07) is 1.12. The van der Waals surface area contributed by atoms with E-state index < -0.39 is 6.43 Å². The number of anilines is 1. The normalized spacial score (nSPS) is 16.5. The first-order chi connectivity index (χ1) is 6.16. The highest BCUT2D eigenvalue weighted by atomic mass is 19.3. The number of hydrogen-bond acceptors (Lipinski definition) is 3. The van der Waals surface area contributed by atoms with E-state index in [-0.39, 0.29) is 17.4 Å². The topological polar surface area (TPSA) is 51.8 Å². The van der Waals surface area contributed by atoms with Crippen LogP contribution < -0.4 is 5.73 Å². The van der Waals surface area contributed by atoms with Gasteiger partial charge in [-0.25, -0.2) is 18.7 Å². The van der Waals surface area contributed by atoms with Crippen molar-refractivity contribution in [2.24, 2.45) is 0 Å². The fraction of sp³-hybridized carbons (Fsp3) is 0.500. The number of alkyl halides is 2. The van der Waals surface area contributed by atoms with Gasteiger partial charge in [-0.05, 0) is 12.8 Å². The summed E-state index contributed by atoms with van der Waals surface area (Å²) in [5.74, 6) is 0.850. The van der Waals surface area contributed by atoms with Crippen LogP contribution in [0.1, 0.15) is 36.7 Å². The molecule has 13 heavy (non-hydrogen) atoms. The van der Waals surface area contributed by atoms with Gasteiger partial charge in [0.1, 0.15) is 17.3 Å². The molecule has 1 aliphatic rings. The van der Waals surface area contributed by atoms with Crippen molar-refractivity contribution in [2.45, 2.75) is 25.2 Å². The standard InChI is InChI=1S/C8H9F2N3/c9-7(10)5-3-6(11)13-8(12-5)4-1-2-4/h3-4,7H,1-2H2,(H2,11,12,13). The molecule has 0 unspecified atom stereocenters. The number of halogens is 2. The van der Waals surface area contributed by atoms with E-state index in [0.29, 0.717) is 5.82 Å². The lowest BCUT2D eigenvalue weighted by Gasteiger charge is -2.03. The van der Waals surface area contributed by atoms with Crippen molar-refractivity contribution in [3.8, 4) is 0 Å². The lowest BCUT2D eigenvalue weighted by atomic mass is 10.3. The Bertz CT molecular complexity index is 303. The highest BCUT2D eigenvalue weighted by molar-refractivity contribution is 5.31. The predicted molar refractivity (Wildman–Crippen MR) is 43.4 cm³/mol. The van der Waals surface area contributed by atoms with E-state index in [9.17, 15) is 8.78 Å². The van der Waals surface area contributed by atoms with Crippen LogP contribution in [0.3, 0.4) is 0 Å². The van der Waals surface area contributed by atoms with Gasteiger partial charge in [0, 0.05) is 12.0 Å². The molecule has 1 aromatic rings. The summed E-state index contributed by atoms with van der Waals surface area (Å²) < 4.78 is 24.5. The Morgan fingerprint density at radius 2 is 2.08 bits per heavy atom. The van der Waals surface area contributed by atoms with Crippen LogP contribution in [-0.2, 0) is 0 Å². The van der Waals surface area contributed by atoms with Crippen LogP contribution >= 0.6 is 0 Å². The predicted octanol–water partition coefficient (Wildman–Crippen LogP) is 1.87. The van der Waals surface area contributed by atoms with Gasteiger partial charge in [-0.2, -0.15) is 0 Å². The summed E-state index contributed by atoms with van der Waals surface area (Å²) in [4.78, 5) is 7.67. The Morgan fingerprint density at radius 3 is 2.62 bits per heavy atom. The molecule has 3 nitrogen and oxygen atoms in total. The SMILES string of the molecule is Nc1cc(C(F)F)nc(C2CC2)n1. The summed E-state index contributed by atoms with van der Waals surface area (Å²) in [6.45, 7) is 0. The van der Waals surface area contributed by atoms with Crippen molar-refractivity contribution in [1.29, 1.82) is 0 Å². The first kappa shape index (κ1) is 8.34. The second-order valence-electron chi connectivity index (χ2n) is 3.15. The third-order valence-corrected chi connectivity index (χ3v) is 1.95. The second kappa shape index (κ2) is 2.90. The van der Waals surface area contributed by atoms with Crippen molar-refractivity contribution in [1.82, 2.24) is 9.97 Å². The number of nitrogens with two attached hydrogens (primary N) is 1. The molecule has 0 aliphatic heterocycles. The van der Waals surface area contributed by atoms with Gasteiger partial charge in [0.15, 0.2) is 0 Å². The highest BCUT2D eigenvalue weighted by Gasteiger charge is 2.27. The number of hydrogen-bond donors (Lipinski definition) is 1. The number of nitrogens with zero attached hydrogens (tertiary/aromatic N) is 2. The number of rotatable bonds is 2. The second-order valence-corrected chi connectivity index (χ2v) is 3.15. The molecule has 1 aromatic heterocycles. The minimum absolute atomic E-state index is 0.132. The molecule has 1 saturated carbocycles. The Kier molecular flexibility index (Phi) is 1.86. The molecule has 1 heterocycles. The molecule has 5 heteroatoms. The molecule has 0 radical (unpaired) electrons. The molecule has 0 amide bonds. The molecular weight excluding hydrogens is 176 g/mol. The summed E-state index contributed by atoms with van der Waals surface area (Å²) in [7, 11) is 0. The fourth-order valence-electron chi connectivity index (χ4n) is 1.14. The zero-order valence-corrected chi connectivity index (χ0v) is 6.87. The van der Waals surface area contributed by atoms with Crippen LogP contribution in [0.25, 0.3) is 0 Å². The van der Waals surface area contributed by atoms with Gasteiger partial charge in [-0.3, -0.25) is 0 Å². The number of aromatic nitrogens is 2. The minimum Gasteiger partial charge on any atom is -0.384 e. The van der Waals surface area contributed by atoms with Crippen LogP contribution in [-0.4, -0.2) is 9.97 Å². The molecule has 2 N–H and O–H groups in total. The number of nitrogen functional groups attached to an aromatic ring is 1. The molecule has 0 atom stereocenters. The van der Waals surface area contributed by atoms with Gasteiger partial charge in [0.25, 0.3) is 6.43 Å². The Balaban J connectivity index is 2.36. The Morgan fingerprint density at radius 1 is 1.38 bits per heavy atom. The van der Waals surface area contributed by atoms with Crippen molar-refractivity contribution >= 4 is 5.82 Å². The maximum absolute atomic E-state index is 12.3. The highest BCUT2D eigenvalue weighted by Crippen LogP contribution is 2.38. The van der Waals surface area contributed by atoms with Gasteiger partial charge >= 0.3 is 0 Å². The average Bonchev–Trinajstić information content (AvgIpc) is 2.85. The molecule has 70 valence electrons. The van der Waals surface area contributed by atoms with E-state index in [1.54, 1.807) is 0 Å².